The van der Waals surface area contributed by atoms with Crippen LogP contribution in [0.3, 0.4) is 0 Å². The van der Waals surface area contributed by atoms with Crippen molar-refractivity contribution < 1.29 is 5.11 Å². The second-order valence-electron chi connectivity index (χ2n) is 4.46. The van der Waals surface area contributed by atoms with Gasteiger partial charge in [0.1, 0.15) is 6.61 Å². The van der Waals surface area contributed by atoms with E-state index in [1.54, 1.807) is 10.8 Å². The monoisotopic (exact) mass is 266 g/mol. The zero-order valence-electron chi connectivity index (χ0n) is 11.1. The van der Waals surface area contributed by atoms with Gasteiger partial charge in [0, 0.05) is 24.4 Å². The van der Waals surface area contributed by atoms with Gasteiger partial charge in [-0.25, -0.2) is 0 Å². The Labute approximate surface area is 116 Å². The van der Waals surface area contributed by atoms with Crippen molar-refractivity contribution in [2.45, 2.75) is 6.61 Å². The molecule has 0 amide bonds. The third kappa shape index (κ3) is 2.19. The summed E-state index contributed by atoms with van der Waals surface area (Å²) in [7, 11) is 1.83. The van der Waals surface area contributed by atoms with Crippen LogP contribution in [0, 0.1) is 0 Å². The smallest absolute Gasteiger partial charge is 0.165 e. The summed E-state index contributed by atoms with van der Waals surface area (Å²) in [5.74, 6) is 1.23. The van der Waals surface area contributed by atoms with Crippen LogP contribution < -0.4 is 0 Å². The molecule has 1 N–H and O–H groups in total. The molecule has 5 nitrogen and oxygen atoms in total. The SMILES string of the molecule is Cn1c(CO)nnc1-c1ccc(-c2ccccc2)nc1. The van der Waals surface area contributed by atoms with E-state index in [1.165, 1.54) is 0 Å². The minimum absolute atomic E-state index is 0.126. The third-order valence-electron chi connectivity index (χ3n) is 3.20. The lowest BCUT2D eigenvalue weighted by atomic mass is 10.1. The van der Waals surface area contributed by atoms with Crippen LogP contribution in [-0.2, 0) is 13.7 Å². The topological polar surface area (TPSA) is 63.8 Å². The van der Waals surface area contributed by atoms with Gasteiger partial charge in [-0.3, -0.25) is 4.98 Å². The van der Waals surface area contributed by atoms with Crippen LogP contribution in [0.2, 0.25) is 0 Å². The maximum Gasteiger partial charge on any atom is 0.165 e. The Balaban J connectivity index is 1.95. The molecule has 2 aromatic heterocycles. The highest BCUT2D eigenvalue weighted by Crippen LogP contribution is 2.21. The molecule has 2 heterocycles. The highest BCUT2D eigenvalue weighted by Gasteiger charge is 2.10. The van der Waals surface area contributed by atoms with Gasteiger partial charge < -0.3 is 9.67 Å². The predicted octanol–water partition coefficient (Wildman–Crippen LogP) is 2.04. The molecule has 1 aromatic carbocycles. The van der Waals surface area contributed by atoms with Gasteiger partial charge in [-0.2, -0.15) is 0 Å². The molecular weight excluding hydrogens is 252 g/mol. The summed E-state index contributed by atoms with van der Waals surface area (Å²) >= 11 is 0. The maximum atomic E-state index is 9.13. The Morgan fingerprint density at radius 3 is 2.40 bits per heavy atom. The highest BCUT2D eigenvalue weighted by molar-refractivity contribution is 5.63. The average molecular weight is 266 g/mol. The number of aromatic nitrogens is 4. The number of aliphatic hydroxyl groups excluding tert-OH is 1. The Bertz CT molecular complexity index is 704. The number of aliphatic hydroxyl groups is 1. The molecule has 0 aliphatic carbocycles. The number of benzene rings is 1. The van der Waals surface area contributed by atoms with Crippen LogP contribution in [0.25, 0.3) is 22.6 Å². The Hall–Kier alpha value is -2.53. The first kappa shape index (κ1) is 12.5. The number of rotatable bonds is 3. The average Bonchev–Trinajstić information content (AvgIpc) is 2.89. The highest BCUT2D eigenvalue weighted by atomic mass is 16.3. The van der Waals surface area contributed by atoms with Crippen LogP contribution in [0.4, 0.5) is 0 Å². The van der Waals surface area contributed by atoms with Crippen molar-refractivity contribution in [3.05, 3.63) is 54.5 Å². The van der Waals surface area contributed by atoms with Crippen LogP contribution in [-0.4, -0.2) is 24.9 Å². The van der Waals surface area contributed by atoms with Crippen molar-refractivity contribution in [2.24, 2.45) is 7.05 Å². The molecule has 5 heteroatoms. The van der Waals surface area contributed by atoms with Crippen LogP contribution >= 0.6 is 0 Å². The lowest BCUT2D eigenvalue weighted by molar-refractivity contribution is 0.267. The van der Waals surface area contributed by atoms with Gasteiger partial charge in [0.2, 0.25) is 0 Å². The van der Waals surface area contributed by atoms with Crippen molar-refractivity contribution in [3.63, 3.8) is 0 Å². The van der Waals surface area contributed by atoms with Crippen LogP contribution in [0.15, 0.2) is 48.7 Å². The zero-order valence-corrected chi connectivity index (χ0v) is 11.1. The van der Waals surface area contributed by atoms with Gasteiger partial charge in [0.05, 0.1) is 5.69 Å². The molecule has 20 heavy (non-hydrogen) atoms. The van der Waals surface area contributed by atoms with E-state index in [-0.39, 0.29) is 6.61 Å². The predicted molar refractivity (Wildman–Crippen MR) is 75.6 cm³/mol. The minimum Gasteiger partial charge on any atom is -0.388 e. The lowest BCUT2D eigenvalue weighted by Crippen LogP contribution is -1.99. The Morgan fingerprint density at radius 1 is 1.00 bits per heavy atom. The van der Waals surface area contributed by atoms with E-state index < -0.39 is 0 Å². The molecule has 0 aliphatic rings. The van der Waals surface area contributed by atoms with E-state index in [0.29, 0.717) is 11.6 Å². The van der Waals surface area contributed by atoms with Gasteiger partial charge in [-0.1, -0.05) is 30.3 Å². The Morgan fingerprint density at radius 2 is 1.80 bits per heavy atom. The summed E-state index contributed by atoms with van der Waals surface area (Å²) in [6.07, 6.45) is 1.77. The molecule has 0 saturated heterocycles. The first-order valence-corrected chi connectivity index (χ1v) is 6.30. The fraction of sp³-hybridized carbons (Fsp3) is 0.133. The first-order chi connectivity index (χ1) is 9.79. The summed E-state index contributed by atoms with van der Waals surface area (Å²) in [6.45, 7) is -0.126. The molecule has 3 aromatic rings. The van der Waals surface area contributed by atoms with Crippen molar-refractivity contribution in [1.82, 2.24) is 19.7 Å². The van der Waals surface area contributed by atoms with E-state index in [0.717, 1.165) is 16.8 Å². The number of hydrogen-bond acceptors (Lipinski definition) is 4. The van der Waals surface area contributed by atoms with Crippen LogP contribution in [0.1, 0.15) is 5.82 Å². The lowest BCUT2D eigenvalue weighted by Gasteiger charge is -2.04. The fourth-order valence-corrected chi connectivity index (χ4v) is 2.06. The summed E-state index contributed by atoms with van der Waals surface area (Å²) in [6, 6.07) is 13.9. The summed E-state index contributed by atoms with van der Waals surface area (Å²) in [5, 5.41) is 17.1. The second-order valence-corrected chi connectivity index (χ2v) is 4.46. The third-order valence-corrected chi connectivity index (χ3v) is 3.20. The van der Waals surface area contributed by atoms with E-state index >= 15 is 0 Å². The van der Waals surface area contributed by atoms with Gasteiger partial charge in [-0.15, -0.1) is 10.2 Å². The molecule has 0 aliphatic heterocycles. The second kappa shape index (κ2) is 5.22. The molecule has 0 fully saturated rings. The quantitative estimate of drug-likeness (QED) is 0.788. The van der Waals surface area contributed by atoms with E-state index in [1.807, 2.05) is 49.5 Å². The summed E-state index contributed by atoms with van der Waals surface area (Å²) in [4.78, 5) is 4.46. The molecule has 0 spiro atoms. The molecule has 0 unspecified atom stereocenters. The van der Waals surface area contributed by atoms with E-state index in [2.05, 4.69) is 15.2 Å². The summed E-state index contributed by atoms with van der Waals surface area (Å²) in [5.41, 5.74) is 2.87. The maximum absolute atomic E-state index is 9.13. The van der Waals surface area contributed by atoms with Crippen molar-refractivity contribution in [1.29, 1.82) is 0 Å². The molecule has 0 radical (unpaired) electrons. The molecular formula is C15H14N4O. The number of hydrogen-bond donors (Lipinski definition) is 1. The van der Waals surface area contributed by atoms with Gasteiger partial charge >= 0.3 is 0 Å². The number of nitrogens with zero attached hydrogens (tertiary/aromatic N) is 4. The largest absolute Gasteiger partial charge is 0.388 e. The van der Waals surface area contributed by atoms with Gasteiger partial charge in [-0.05, 0) is 12.1 Å². The van der Waals surface area contributed by atoms with Crippen molar-refractivity contribution in [2.75, 3.05) is 0 Å². The van der Waals surface area contributed by atoms with Gasteiger partial charge in [0.25, 0.3) is 0 Å². The molecule has 100 valence electrons. The zero-order chi connectivity index (χ0) is 13.9. The number of pyridine rings is 1. The minimum atomic E-state index is -0.126. The Kier molecular flexibility index (Phi) is 3.26. The molecule has 0 bridgehead atoms. The standard InChI is InChI=1S/C15H14N4O/c1-19-14(10-20)17-18-15(19)12-7-8-13(16-9-12)11-5-3-2-4-6-11/h2-9,20H,10H2,1H3. The molecule has 0 atom stereocenters. The van der Waals surface area contributed by atoms with Crippen molar-refractivity contribution >= 4 is 0 Å². The first-order valence-electron chi connectivity index (χ1n) is 6.30. The molecule has 3 rings (SSSR count). The van der Waals surface area contributed by atoms with E-state index in [9.17, 15) is 0 Å². The van der Waals surface area contributed by atoms with Crippen molar-refractivity contribution in [3.8, 4) is 22.6 Å². The summed E-state index contributed by atoms with van der Waals surface area (Å²) < 4.78 is 1.76. The van der Waals surface area contributed by atoms with E-state index in [4.69, 9.17) is 5.11 Å². The normalized spacial score (nSPS) is 10.7. The fourth-order valence-electron chi connectivity index (χ4n) is 2.06. The molecule has 0 saturated carbocycles. The van der Waals surface area contributed by atoms with Gasteiger partial charge in [0.15, 0.2) is 11.6 Å². The van der Waals surface area contributed by atoms with Crippen LogP contribution in [0.5, 0.6) is 0 Å².